The number of hydrogen-bond donors (Lipinski definition) is 2. The Kier molecular flexibility index (Phi) is 7.15. The monoisotopic (exact) mass is 488 g/mol. The number of pyridine rings is 1. The highest BCUT2D eigenvalue weighted by molar-refractivity contribution is 5.95. The fraction of sp³-hybridized carbons (Fsp3) is 0.286. The Bertz CT molecular complexity index is 1140. The first-order valence-corrected chi connectivity index (χ1v) is 9.71. The number of carbonyl (C=O) groups excluding carboxylic acids is 1. The van der Waals surface area contributed by atoms with Crippen LogP contribution in [0.15, 0.2) is 48.8 Å². The summed E-state index contributed by atoms with van der Waals surface area (Å²) < 4.78 is 82.6. The maximum Gasteiger partial charge on any atom is 0.417 e. The lowest BCUT2D eigenvalue weighted by Crippen LogP contribution is -2.35. The molecule has 2 N–H and O–H groups in total. The first-order valence-electron chi connectivity index (χ1n) is 9.71. The summed E-state index contributed by atoms with van der Waals surface area (Å²) in [6.07, 6.45) is -8.47. The molecule has 0 aliphatic heterocycles. The van der Waals surface area contributed by atoms with Crippen LogP contribution in [0.25, 0.3) is 5.82 Å². The number of aromatic nitrogens is 3. The van der Waals surface area contributed by atoms with E-state index in [4.69, 9.17) is 4.74 Å². The van der Waals surface area contributed by atoms with E-state index in [1.54, 1.807) is 0 Å². The quantitative estimate of drug-likeness (QED) is 0.495. The van der Waals surface area contributed by atoms with Crippen LogP contribution in [0, 0.1) is 6.92 Å². The Balaban J connectivity index is 1.57. The molecule has 7 nitrogen and oxygen atoms in total. The van der Waals surface area contributed by atoms with Gasteiger partial charge in [-0.3, -0.25) is 4.79 Å². The second kappa shape index (κ2) is 9.71. The Morgan fingerprint density at radius 1 is 1.09 bits per heavy atom. The highest BCUT2D eigenvalue weighted by atomic mass is 19.4. The van der Waals surface area contributed by atoms with Gasteiger partial charge in [-0.25, -0.2) is 9.67 Å². The van der Waals surface area contributed by atoms with Gasteiger partial charge in [0.2, 0.25) is 0 Å². The maximum absolute atomic E-state index is 12.7. The molecular weight excluding hydrogens is 470 g/mol. The predicted molar refractivity (Wildman–Crippen MR) is 106 cm³/mol. The number of alkyl halides is 6. The van der Waals surface area contributed by atoms with Crippen molar-refractivity contribution >= 4 is 5.91 Å². The maximum atomic E-state index is 12.7. The lowest BCUT2D eigenvalue weighted by Gasteiger charge is -2.14. The number of ether oxygens (including phenoxy) is 1. The van der Waals surface area contributed by atoms with Gasteiger partial charge in [0, 0.05) is 12.7 Å². The van der Waals surface area contributed by atoms with Gasteiger partial charge < -0.3 is 15.2 Å². The van der Waals surface area contributed by atoms with E-state index in [2.05, 4.69) is 15.4 Å². The van der Waals surface area contributed by atoms with Crippen molar-refractivity contribution in [2.24, 2.45) is 0 Å². The molecule has 13 heteroatoms. The first-order chi connectivity index (χ1) is 15.9. The largest absolute Gasteiger partial charge is 0.491 e. The molecule has 0 aliphatic rings. The number of benzene rings is 1. The molecule has 1 unspecified atom stereocenters. The minimum Gasteiger partial charge on any atom is -0.491 e. The summed E-state index contributed by atoms with van der Waals surface area (Å²) in [5.41, 5.74) is -1.45. The van der Waals surface area contributed by atoms with Gasteiger partial charge in [0.25, 0.3) is 5.91 Å². The highest BCUT2D eigenvalue weighted by Gasteiger charge is 2.31. The van der Waals surface area contributed by atoms with E-state index in [9.17, 15) is 36.2 Å². The van der Waals surface area contributed by atoms with Crippen LogP contribution in [-0.2, 0) is 12.4 Å². The minimum atomic E-state index is -4.54. The molecule has 3 aromatic rings. The summed E-state index contributed by atoms with van der Waals surface area (Å²) in [5, 5.41) is 16.4. The average molecular weight is 488 g/mol. The third-order valence-electron chi connectivity index (χ3n) is 4.65. The van der Waals surface area contributed by atoms with Crippen molar-refractivity contribution in [3.05, 3.63) is 71.2 Å². The summed E-state index contributed by atoms with van der Waals surface area (Å²) in [4.78, 5) is 16.1. The van der Waals surface area contributed by atoms with Crippen LogP contribution >= 0.6 is 0 Å². The molecular formula is C21H18F6N4O3. The van der Waals surface area contributed by atoms with E-state index < -0.39 is 35.5 Å². The normalized spacial score (nSPS) is 12.9. The summed E-state index contributed by atoms with van der Waals surface area (Å²) in [6, 6.07) is 6.08. The Morgan fingerprint density at radius 2 is 1.79 bits per heavy atom. The zero-order chi connectivity index (χ0) is 25.1. The van der Waals surface area contributed by atoms with Crippen molar-refractivity contribution in [3.63, 3.8) is 0 Å². The van der Waals surface area contributed by atoms with Crippen molar-refractivity contribution in [2.75, 3.05) is 13.2 Å². The van der Waals surface area contributed by atoms with Crippen molar-refractivity contribution in [2.45, 2.75) is 25.4 Å². The smallest absolute Gasteiger partial charge is 0.417 e. The Morgan fingerprint density at radius 3 is 2.41 bits per heavy atom. The molecule has 1 amide bonds. The lowest BCUT2D eigenvalue weighted by atomic mass is 10.2. The highest BCUT2D eigenvalue weighted by Crippen LogP contribution is 2.31. The molecule has 2 heterocycles. The SMILES string of the molecule is Cc1c(C(=O)NCC(O)COc2cccc(C(F)(F)F)c2)cnn1-c1ccc(C(F)(F)F)cn1. The van der Waals surface area contributed by atoms with Crippen LogP contribution in [0.5, 0.6) is 5.75 Å². The first kappa shape index (κ1) is 25.0. The van der Waals surface area contributed by atoms with Gasteiger partial charge in [-0.05, 0) is 37.3 Å². The van der Waals surface area contributed by atoms with Crippen LogP contribution < -0.4 is 10.1 Å². The topological polar surface area (TPSA) is 89.3 Å². The lowest BCUT2D eigenvalue weighted by molar-refractivity contribution is -0.138. The van der Waals surface area contributed by atoms with Gasteiger partial charge in [0.1, 0.15) is 18.5 Å². The molecule has 0 radical (unpaired) electrons. The van der Waals surface area contributed by atoms with E-state index in [0.29, 0.717) is 11.9 Å². The number of halogens is 6. The van der Waals surface area contributed by atoms with Gasteiger partial charge in [-0.1, -0.05) is 6.07 Å². The molecule has 182 valence electrons. The van der Waals surface area contributed by atoms with Gasteiger partial charge in [0.15, 0.2) is 5.82 Å². The molecule has 0 fully saturated rings. The van der Waals surface area contributed by atoms with Crippen LogP contribution in [0.4, 0.5) is 26.3 Å². The fourth-order valence-corrected chi connectivity index (χ4v) is 2.86. The molecule has 2 aromatic heterocycles. The number of hydrogen-bond acceptors (Lipinski definition) is 5. The zero-order valence-electron chi connectivity index (χ0n) is 17.5. The number of aliphatic hydroxyl groups is 1. The second-order valence-electron chi connectivity index (χ2n) is 7.16. The minimum absolute atomic E-state index is 0.0686. The predicted octanol–water partition coefficient (Wildman–Crippen LogP) is 3.78. The van der Waals surface area contributed by atoms with Gasteiger partial charge in [-0.2, -0.15) is 31.4 Å². The fourth-order valence-electron chi connectivity index (χ4n) is 2.86. The van der Waals surface area contributed by atoms with E-state index >= 15 is 0 Å². The van der Waals surface area contributed by atoms with Crippen molar-refractivity contribution in [1.29, 1.82) is 0 Å². The van der Waals surface area contributed by atoms with Gasteiger partial charge in [0.05, 0.1) is 28.6 Å². The molecule has 0 bridgehead atoms. The summed E-state index contributed by atoms with van der Waals surface area (Å²) in [7, 11) is 0. The third-order valence-corrected chi connectivity index (χ3v) is 4.65. The van der Waals surface area contributed by atoms with Crippen molar-refractivity contribution in [3.8, 4) is 11.6 Å². The van der Waals surface area contributed by atoms with E-state index in [-0.39, 0.29) is 30.3 Å². The average Bonchev–Trinajstić information content (AvgIpc) is 3.16. The van der Waals surface area contributed by atoms with Crippen LogP contribution in [0.1, 0.15) is 27.2 Å². The van der Waals surface area contributed by atoms with E-state index in [1.165, 1.54) is 23.9 Å². The molecule has 34 heavy (non-hydrogen) atoms. The standard InChI is InChI=1S/C21H18F6N4O3/c1-12-17(10-30-31(12)18-6-5-14(8-28-18)21(25,26)27)19(33)29-9-15(32)11-34-16-4-2-3-13(7-16)20(22,23)24/h2-8,10,15,32H,9,11H2,1H3,(H,29,33). The molecule has 1 aromatic carbocycles. The number of amides is 1. The molecule has 0 spiro atoms. The van der Waals surface area contributed by atoms with Crippen LogP contribution in [0.2, 0.25) is 0 Å². The summed E-state index contributed by atoms with van der Waals surface area (Å²) in [6.45, 7) is 0.852. The van der Waals surface area contributed by atoms with Crippen LogP contribution in [-0.4, -0.2) is 45.0 Å². The third kappa shape index (κ3) is 6.04. The number of nitrogens with zero attached hydrogens (tertiary/aromatic N) is 3. The van der Waals surface area contributed by atoms with E-state index in [1.807, 2.05) is 0 Å². The van der Waals surface area contributed by atoms with Gasteiger partial charge >= 0.3 is 12.4 Å². The molecule has 0 aliphatic carbocycles. The molecule has 0 saturated carbocycles. The number of carbonyl (C=O) groups is 1. The molecule has 1 atom stereocenters. The number of rotatable bonds is 7. The number of nitrogens with one attached hydrogen (secondary N) is 1. The van der Waals surface area contributed by atoms with E-state index in [0.717, 1.165) is 30.3 Å². The second-order valence-corrected chi connectivity index (χ2v) is 7.16. The number of aliphatic hydroxyl groups excluding tert-OH is 1. The Labute approximate surface area is 189 Å². The molecule has 3 rings (SSSR count). The van der Waals surface area contributed by atoms with Crippen LogP contribution in [0.3, 0.4) is 0 Å². The summed E-state index contributed by atoms with van der Waals surface area (Å²) in [5.74, 6) is -0.658. The Hall–Kier alpha value is -3.61. The van der Waals surface area contributed by atoms with Crippen molar-refractivity contribution in [1.82, 2.24) is 20.1 Å². The molecule has 0 saturated heterocycles. The summed E-state index contributed by atoms with van der Waals surface area (Å²) >= 11 is 0. The van der Waals surface area contributed by atoms with Gasteiger partial charge in [-0.15, -0.1) is 0 Å². The van der Waals surface area contributed by atoms with Crippen molar-refractivity contribution < 1.29 is 41.0 Å². The zero-order valence-corrected chi connectivity index (χ0v) is 17.5.